The second-order valence-corrected chi connectivity index (χ2v) is 15.5. The van der Waals surface area contributed by atoms with Crippen molar-refractivity contribution >= 4 is 30.5 Å². The Morgan fingerprint density at radius 2 is 1.08 bits per heavy atom. The first-order chi connectivity index (χ1) is 28.3. The lowest BCUT2D eigenvalue weighted by atomic mass is 9.87. The van der Waals surface area contributed by atoms with Crippen LogP contribution in [0.15, 0.2) is 126 Å². The summed E-state index contributed by atoms with van der Waals surface area (Å²) in [6.07, 6.45) is 3.85. The molecule has 0 bridgehead atoms. The highest BCUT2D eigenvalue weighted by molar-refractivity contribution is 6.04. The molecule has 1 N–H and O–H groups in total. The van der Waals surface area contributed by atoms with Gasteiger partial charge in [0.05, 0.1) is 14.2 Å². The van der Waals surface area contributed by atoms with E-state index in [1.165, 1.54) is 55.6 Å². The van der Waals surface area contributed by atoms with E-state index in [0.29, 0.717) is 19.3 Å². The predicted octanol–water partition coefficient (Wildman–Crippen LogP) is 11.6. The summed E-state index contributed by atoms with van der Waals surface area (Å²) in [5, 5.41) is 3.70. The summed E-state index contributed by atoms with van der Waals surface area (Å²) < 4.78 is 23.2. The zero-order chi connectivity index (χ0) is 40.4. The predicted molar refractivity (Wildman–Crippen MR) is 251 cm³/mol. The highest BCUT2D eigenvalue weighted by atomic mass is 35.5. The smallest absolute Gasteiger partial charge is 0.161 e. The number of fused-ring (bicyclic) bond motifs is 2. The molecule has 2 aliphatic heterocycles. The molecule has 0 fully saturated rings. The highest BCUT2D eigenvalue weighted by Crippen LogP contribution is 2.34. The van der Waals surface area contributed by atoms with E-state index < -0.39 is 0 Å². The molecular formula is C52H58Cl2N2O4. The van der Waals surface area contributed by atoms with Crippen molar-refractivity contribution in [3.63, 3.8) is 0 Å². The maximum atomic E-state index is 6.00. The molecule has 6 nitrogen and oxygen atoms in total. The fourth-order valence-corrected chi connectivity index (χ4v) is 7.81. The molecule has 0 radical (unpaired) electrons. The minimum atomic E-state index is 0. The average Bonchev–Trinajstić information content (AvgIpc) is 3.25. The Hall–Kier alpha value is -5.27. The molecule has 8 heteroatoms. The number of methoxy groups -OCH3 is 2. The number of benzene rings is 6. The average molecular weight is 846 g/mol. The van der Waals surface area contributed by atoms with Gasteiger partial charge in [-0.1, -0.05) is 91.0 Å². The van der Waals surface area contributed by atoms with E-state index in [-0.39, 0.29) is 24.8 Å². The molecule has 6 aromatic rings. The molecule has 2 heterocycles. The minimum Gasteiger partial charge on any atom is -0.493 e. The summed E-state index contributed by atoms with van der Waals surface area (Å²) >= 11 is 0. The molecule has 0 saturated heterocycles. The molecule has 314 valence electrons. The third-order valence-corrected chi connectivity index (χ3v) is 11.4. The fraction of sp³-hybridized carbons (Fsp3) is 0.288. The van der Waals surface area contributed by atoms with Crippen molar-refractivity contribution < 1.29 is 18.9 Å². The lowest BCUT2D eigenvalue weighted by Crippen LogP contribution is -2.31. The number of aryl methyl sites for hydroxylation is 4. The van der Waals surface area contributed by atoms with Crippen molar-refractivity contribution in [2.24, 2.45) is 4.99 Å². The molecule has 2 aliphatic rings. The molecule has 1 atom stereocenters. The van der Waals surface area contributed by atoms with Crippen molar-refractivity contribution in [3.8, 4) is 23.0 Å². The number of halogens is 2. The van der Waals surface area contributed by atoms with Crippen molar-refractivity contribution in [1.29, 1.82) is 0 Å². The van der Waals surface area contributed by atoms with E-state index >= 15 is 0 Å². The van der Waals surface area contributed by atoms with Crippen LogP contribution >= 0.6 is 24.8 Å². The second-order valence-electron chi connectivity index (χ2n) is 15.5. The SMILES string of the molecule is COc1cc(CC2=NCCc3cc(C)c(C)cc32)ccc1OCc1ccccc1.COc1cc(C[C@H]2NCCc3cc(C)c(C)cc32)ccc1OCc1ccccc1.Cl.Cl. The van der Waals surface area contributed by atoms with Crippen LogP contribution in [0.4, 0.5) is 0 Å². The fourth-order valence-electron chi connectivity index (χ4n) is 7.81. The van der Waals surface area contributed by atoms with Crippen LogP contribution in [0, 0.1) is 27.7 Å². The van der Waals surface area contributed by atoms with Crippen molar-refractivity contribution in [2.75, 3.05) is 27.3 Å². The first-order valence-corrected chi connectivity index (χ1v) is 20.4. The van der Waals surface area contributed by atoms with Gasteiger partial charge in [0.25, 0.3) is 0 Å². The normalized spacial score (nSPS) is 13.8. The van der Waals surface area contributed by atoms with Crippen molar-refractivity contribution in [2.45, 2.75) is 72.6 Å². The minimum absolute atomic E-state index is 0. The molecule has 0 spiro atoms. The van der Waals surface area contributed by atoms with E-state index in [1.807, 2.05) is 48.5 Å². The summed E-state index contributed by atoms with van der Waals surface area (Å²) in [4.78, 5) is 4.84. The molecule has 0 saturated carbocycles. The number of nitrogens with zero attached hydrogens (tertiary/aromatic N) is 1. The number of hydrogen-bond donors (Lipinski definition) is 1. The molecule has 6 aromatic carbocycles. The van der Waals surface area contributed by atoms with E-state index in [4.69, 9.17) is 23.9 Å². The summed E-state index contributed by atoms with van der Waals surface area (Å²) in [6, 6.07) is 42.5. The Morgan fingerprint density at radius 1 is 0.550 bits per heavy atom. The Balaban J connectivity index is 0.000000220. The van der Waals surface area contributed by atoms with E-state index in [9.17, 15) is 0 Å². The van der Waals surface area contributed by atoms with E-state index in [1.54, 1.807) is 14.2 Å². The maximum absolute atomic E-state index is 6.00. The molecule has 0 aliphatic carbocycles. The van der Waals surface area contributed by atoms with Gasteiger partial charge in [0.1, 0.15) is 13.2 Å². The van der Waals surface area contributed by atoms with Gasteiger partial charge >= 0.3 is 0 Å². The topological polar surface area (TPSA) is 61.3 Å². The van der Waals surface area contributed by atoms with Gasteiger partial charge < -0.3 is 24.3 Å². The number of aliphatic imine (C=N–C) groups is 1. The molecule has 0 aromatic heterocycles. The van der Waals surface area contributed by atoms with Crippen molar-refractivity contribution in [1.82, 2.24) is 5.32 Å². The Labute approximate surface area is 369 Å². The van der Waals surface area contributed by atoms with Crippen LogP contribution in [0.1, 0.15) is 72.8 Å². The summed E-state index contributed by atoms with van der Waals surface area (Å²) in [7, 11) is 3.39. The molecule has 8 rings (SSSR count). The first-order valence-electron chi connectivity index (χ1n) is 20.4. The van der Waals surface area contributed by atoms with Gasteiger partial charge in [-0.15, -0.1) is 24.8 Å². The van der Waals surface area contributed by atoms with Gasteiger partial charge in [-0.05, 0) is 151 Å². The summed E-state index contributed by atoms with van der Waals surface area (Å²) in [6.45, 7) is 11.7. The quantitative estimate of drug-likeness (QED) is 0.133. The molecule has 0 amide bonds. The van der Waals surface area contributed by atoms with Gasteiger partial charge in [-0.25, -0.2) is 0 Å². The monoisotopic (exact) mass is 844 g/mol. The third kappa shape index (κ3) is 11.5. The summed E-state index contributed by atoms with van der Waals surface area (Å²) in [5.41, 5.74) is 16.9. The first kappa shape index (κ1) is 45.8. The van der Waals surface area contributed by atoms with Crippen LogP contribution in [0.5, 0.6) is 23.0 Å². The van der Waals surface area contributed by atoms with Crippen LogP contribution in [0.3, 0.4) is 0 Å². The lowest BCUT2D eigenvalue weighted by molar-refractivity contribution is 0.284. The van der Waals surface area contributed by atoms with Crippen LogP contribution < -0.4 is 24.3 Å². The van der Waals surface area contributed by atoms with Crippen LogP contribution in [-0.2, 0) is 38.9 Å². The lowest BCUT2D eigenvalue weighted by Gasteiger charge is -2.28. The van der Waals surface area contributed by atoms with Crippen LogP contribution in [0.2, 0.25) is 0 Å². The zero-order valence-corrected chi connectivity index (χ0v) is 37.3. The highest BCUT2D eigenvalue weighted by Gasteiger charge is 2.22. The largest absolute Gasteiger partial charge is 0.493 e. The van der Waals surface area contributed by atoms with Gasteiger partial charge in [-0.3, -0.25) is 4.99 Å². The maximum Gasteiger partial charge on any atom is 0.161 e. The van der Waals surface area contributed by atoms with Gasteiger partial charge in [0.2, 0.25) is 0 Å². The number of ether oxygens (including phenoxy) is 4. The number of rotatable bonds is 12. The third-order valence-electron chi connectivity index (χ3n) is 11.4. The van der Waals surface area contributed by atoms with E-state index in [0.717, 1.165) is 78.6 Å². The van der Waals surface area contributed by atoms with Gasteiger partial charge in [0.15, 0.2) is 23.0 Å². The molecule has 60 heavy (non-hydrogen) atoms. The Kier molecular flexibility index (Phi) is 16.7. The van der Waals surface area contributed by atoms with E-state index in [2.05, 4.69) is 106 Å². The van der Waals surface area contributed by atoms with Gasteiger partial charge in [0, 0.05) is 24.7 Å². The van der Waals surface area contributed by atoms with Crippen LogP contribution in [0.25, 0.3) is 0 Å². The standard InChI is InChI=1S/C26H29NO2.C26H27NO2.2ClH/c2*1-18-13-22-11-12-27-24(23(22)14-19(18)2)15-21-9-10-25(26(16-21)28-3)29-17-20-7-5-4-6-8-20;;/h4-10,13-14,16,24,27H,11-12,15,17H2,1-3H3;4-10,13-14,16H,11-12,15,17H2,1-3H3;2*1H/t24-;;;/m1.../s1. The second kappa shape index (κ2) is 21.8. The Morgan fingerprint density at radius 3 is 1.68 bits per heavy atom. The zero-order valence-electron chi connectivity index (χ0n) is 35.7. The number of nitrogens with one attached hydrogen (secondary N) is 1. The number of hydrogen-bond acceptors (Lipinski definition) is 6. The van der Waals surface area contributed by atoms with Gasteiger partial charge in [-0.2, -0.15) is 0 Å². The summed E-state index contributed by atoms with van der Waals surface area (Å²) in [5.74, 6) is 3.09. The van der Waals surface area contributed by atoms with Crippen molar-refractivity contribution in [3.05, 3.63) is 188 Å². The Bertz CT molecular complexity index is 2370. The van der Waals surface area contributed by atoms with Crippen LogP contribution in [-0.4, -0.2) is 33.0 Å². The molecule has 0 unspecified atom stereocenters. The molecular weight excluding hydrogens is 787 g/mol.